The molecule has 3 heteroatoms. The molecule has 1 heterocycles. The quantitative estimate of drug-likeness (QED) is 0.737. The maximum absolute atomic E-state index is 5.95. The summed E-state index contributed by atoms with van der Waals surface area (Å²) >= 11 is 3.55. The summed E-state index contributed by atoms with van der Waals surface area (Å²) in [5.41, 5.74) is 0.987. The van der Waals surface area contributed by atoms with Crippen LogP contribution in [0.2, 0.25) is 0 Å². The molecule has 0 saturated carbocycles. The molecule has 0 fully saturated rings. The highest BCUT2D eigenvalue weighted by molar-refractivity contribution is 9.09. The standard InChI is InChI=1S/C15H18BrNO/c1-2-5-12(10-16)11-18-15-8-3-7-14-13(15)6-4-9-17-14/h3-4,6-9,12H,2,5,10-11H2,1H3. The summed E-state index contributed by atoms with van der Waals surface area (Å²) in [7, 11) is 0. The zero-order valence-corrected chi connectivity index (χ0v) is 12.2. The predicted molar refractivity (Wildman–Crippen MR) is 79.4 cm³/mol. The van der Waals surface area contributed by atoms with Crippen molar-refractivity contribution in [3.05, 3.63) is 36.5 Å². The number of aromatic nitrogens is 1. The lowest BCUT2D eigenvalue weighted by Gasteiger charge is -2.15. The van der Waals surface area contributed by atoms with Crippen molar-refractivity contribution in [1.29, 1.82) is 0 Å². The van der Waals surface area contributed by atoms with Gasteiger partial charge in [-0.25, -0.2) is 0 Å². The number of halogens is 1. The highest BCUT2D eigenvalue weighted by atomic mass is 79.9. The SMILES string of the molecule is CCCC(CBr)COc1cccc2ncccc12. The van der Waals surface area contributed by atoms with E-state index in [9.17, 15) is 0 Å². The van der Waals surface area contributed by atoms with Gasteiger partial charge >= 0.3 is 0 Å². The number of nitrogens with zero attached hydrogens (tertiary/aromatic N) is 1. The highest BCUT2D eigenvalue weighted by Crippen LogP contribution is 2.24. The average Bonchev–Trinajstić information content (AvgIpc) is 2.43. The van der Waals surface area contributed by atoms with Gasteiger partial charge in [-0.3, -0.25) is 4.98 Å². The predicted octanol–water partition coefficient (Wildman–Crippen LogP) is 4.42. The fraction of sp³-hybridized carbons (Fsp3) is 0.400. The van der Waals surface area contributed by atoms with Crippen molar-refractivity contribution in [2.45, 2.75) is 19.8 Å². The molecule has 1 atom stereocenters. The molecule has 1 aromatic carbocycles. The number of hydrogen-bond donors (Lipinski definition) is 0. The number of fused-ring (bicyclic) bond motifs is 1. The Kier molecular flexibility index (Phi) is 5.00. The summed E-state index contributed by atoms with van der Waals surface area (Å²) in [6, 6.07) is 10.0. The smallest absolute Gasteiger partial charge is 0.128 e. The first-order chi connectivity index (χ1) is 8.85. The van der Waals surface area contributed by atoms with E-state index in [1.807, 2.05) is 30.5 Å². The van der Waals surface area contributed by atoms with E-state index in [2.05, 4.69) is 33.9 Å². The van der Waals surface area contributed by atoms with Crippen LogP contribution in [-0.4, -0.2) is 16.9 Å². The molecule has 0 aliphatic rings. The number of ether oxygens (including phenoxy) is 1. The summed E-state index contributed by atoms with van der Waals surface area (Å²) < 4.78 is 5.95. The lowest BCUT2D eigenvalue weighted by molar-refractivity contribution is 0.258. The molecule has 0 saturated heterocycles. The van der Waals surface area contributed by atoms with Crippen molar-refractivity contribution in [2.24, 2.45) is 5.92 Å². The summed E-state index contributed by atoms with van der Waals surface area (Å²) in [6.45, 7) is 2.96. The first kappa shape index (κ1) is 13.3. The van der Waals surface area contributed by atoms with Gasteiger partial charge in [0.05, 0.1) is 12.1 Å². The van der Waals surface area contributed by atoms with E-state index in [-0.39, 0.29) is 0 Å². The summed E-state index contributed by atoms with van der Waals surface area (Å²) in [4.78, 5) is 4.34. The Morgan fingerprint density at radius 2 is 2.17 bits per heavy atom. The summed E-state index contributed by atoms with van der Waals surface area (Å²) in [5.74, 6) is 1.50. The van der Waals surface area contributed by atoms with Gasteiger partial charge in [-0.1, -0.05) is 35.3 Å². The molecular weight excluding hydrogens is 290 g/mol. The third-order valence-electron chi connectivity index (χ3n) is 3.00. The first-order valence-electron chi connectivity index (χ1n) is 6.37. The second-order valence-corrected chi connectivity index (χ2v) is 5.09. The molecule has 1 unspecified atom stereocenters. The van der Waals surface area contributed by atoms with Crippen LogP contribution in [0.1, 0.15) is 19.8 Å². The fourth-order valence-corrected chi connectivity index (χ4v) is 2.53. The lowest BCUT2D eigenvalue weighted by Crippen LogP contribution is -2.13. The van der Waals surface area contributed by atoms with Gasteiger partial charge in [-0.2, -0.15) is 0 Å². The van der Waals surface area contributed by atoms with Crippen LogP contribution in [-0.2, 0) is 0 Å². The highest BCUT2D eigenvalue weighted by Gasteiger charge is 2.08. The van der Waals surface area contributed by atoms with Crippen molar-refractivity contribution in [1.82, 2.24) is 4.98 Å². The van der Waals surface area contributed by atoms with Crippen molar-refractivity contribution < 1.29 is 4.74 Å². The van der Waals surface area contributed by atoms with E-state index in [1.54, 1.807) is 0 Å². The molecule has 96 valence electrons. The van der Waals surface area contributed by atoms with E-state index >= 15 is 0 Å². The van der Waals surface area contributed by atoms with Crippen LogP contribution in [0.15, 0.2) is 36.5 Å². The van der Waals surface area contributed by atoms with Crippen molar-refractivity contribution >= 4 is 26.8 Å². The van der Waals surface area contributed by atoms with Gasteiger partial charge in [0.1, 0.15) is 5.75 Å². The van der Waals surface area contributed by atoms with E-state index in [0.717, 1.165) is 28.6 Å². The minimum absolute atomic E-state index is 0.571. The van der Waals surface area contributed by atoms with Gasteiger partial charge in [0.25, 0.3) is 0 Å². The molecule has 2 aromatic rings. The second-order valence-electron chi connectivity index (χ2n) is 4.45. The molecule has 0 aliphatic carbocycles. The number of benzene rings is 1. The third kappa shape index (κ3) is 3.22. The minimum atomic E-state index is 0.571. The van der Waals surface area contributed by atoms with Crippen LogP contribution < -0.4 is 4.74 Å². The lowest BCUT2D eigenvalue weighted by atomic mass is 10.1. The van der Waals surface area contributed by atoms with Crippen LogP contribution in [0, 0.1) is 5.92 Å². The van der Waals surface area contributed by atoms with Crippen LogP contribution in [0.25, 0.3) is 10.9 Å². The normalized spacial score (nSPS) is 12.6. The first-order valence-corrected chi connectivity index (χ1v) is 7.49. The zero-order chi connectivity index (χ0) is 12.8. The van der Waals surface area contributed by atoms with Crippen LogP contribution in [0.5, 0.6) is 5.75 Å². The van der Waals surface area contributed by atoms with Gasteiger partial charge in [0, 0.05) is 22.8 Å². The van der Waals surface area contributed by atoms with Crippen LogP contribution in [0.3, 0.4) is 0 Å². The fourth-order valence-electron chi connectivity index (χ4n) is 2.02. The van der Waals surface area contributed by atoms with Crippen LogP contribution in [0.4, 0.5) is 0 Å². The average molecular weight is 308 g/mol. The largest absolute Gasteiger partial charge is 0.493 e. The van der Waals surface area contributed by atoms with Crippen molar-refractivity contribution in [3.63, 3.8) is 0 Å². The number of rotatable bonds is 6. The van der Waals surface area contributed by atoms with E-state index < -0.39 is 0 Å². The molecule has 1 aromatic heterocycles. The second kappa shape index (κ2) is 6.74. The number of hydrogen-bond acceptors (Lipinski definition) is 2. The van der Waals surface area contributed by atoms with Gasteiger partial charge in [0.15, 0.2) is 0 Å². The van der Waals surface area contributed by atoms with E-state index in [1.165, 1.54) is 12.8 Å². The van der Waals surface area contributed by atoms with Gasteiger partial charge in [0.2, 0.25) is 0 Å². The Morgan fingerprint density at radius 1 is 1.28 bits per heavy atom. The number of alkyl halides is 1. The molecule has 2 rings (SSSR count). The minimum Gasteiger partial charge on any atom is -0.493 e. The third-order valence-corrected chi connectivity index (χ3v) is 3.91. The number of pyridine rings is 1. The summed E-state index contributed by atoms with van der Waals surface area (Å²) in [6.07, 6.45) is 4.19. The molecule has 0 aliphatic heterocycles. The van der Waals surface area contributed by atoms with E-state index in [4.69, 9.17) is 4.74 Å². The Balaban J connectivity index is 2.11. The van der Waals surface area contributed by atoms with E-state index in [0.29, 0.717) is 5.92 Å². The molecule has 0 radical (unpaired) electrons. The van der Waals surface area contributed by atoms with Crippen molar-refractivity contribution in [2.75, 3.05) is 11.9 Å². The van der Waals surface area contributed by atoms with Gasteiger partial charge in [-0.05, 0) is 30.7 Å². The molecule has 0 N–H and O–H groups in total. The molecule has 2 nitrogen and oxygen atoms in total. The Labute approximate surface area is 117 Å². The maximum Gasteiger partial charge on any atom is 0.128 e. The Bertz CT molecular complexity index is 495. The van der Waals surface area contributed by atoms with Gasteiger partial charge < -0.3 is 4.74 Å². The zero-order valence-electron chi connectivity index (χ0n) is 10.6. The molecule has 0 spiro atoms. The van der Waals surface area contributed by atoms with Crippen LogP contribution >= 0.6 is 15.9 Å². The Hall–Kier alpha value is -1.09. The van der Waals surface area contributed by atoms with Gasteiger partial charge in [-0.15, -0.1) is 0 Å². The summed E-state index contributed by atoms with van der Waals surface area (Å²) in [5, 5.41) is 2.08. The monoisotopic (exact) mass is 307 g/mol. The topological polar surface area (TPSA) is 22.1 Å². The molecule has 18 heavy (non-hydrogen) atoms. The maximum atomic E-state index is 5.95. The van der Waals surface area contributed by atoms with Crippen molar-refractivity contribution in [3.8, 4) is 5.75 Å². The molecule has 0 bridgehead atoms. The molecule has 0 amide bonds. The Morgan fingerprint density at radius 3 is 2.94 bits per heavy atom. The molecular formula is C15H18BrNO.